The van der Waals surface area contributed by atoms with Crippen LogP contribution in [0.3, 0.4) is 0 Å². The number of fused-ring (bicyclic) bond motifs is 1. The Morgan fingerprint density at radius 3 is 2.95 bits per heavy atom. The van der Waals surface area contributed by atoms with Gasteiger partial charge in [-0.25, -0.2) is 9.18 Å². The Bertz CT molecular complexity index is 454. The summed E-state index contributed by atoms with van der Waals surface area (Å²) in [6, 6.07) is 9.50. The predicted molar refractivity (Wildman–Crippen MR) is 68.3 cm³/mol. The molecule has 1 amide bonds. The van der Waals surface area contributed by atoms with Crippen LogP contribution in [0.2, 0.25) is 0 Å². The Balaban J connectivity index is 1.43. The van der Waals surface area contributed by atoms with Crippen molar-refractivity contribution in [3.05, 3.63) is 35.9 Å². The molecule has 1 saturated heterocycles. The lowest BCUT2D eigenvalue weighted by Gasteiger charge is -2.13. The highest BCUT2D eigenvalue weighted by Crippen LogP contribution is 2.45. The topological polar surface area (TPSA) is 50.4 Å². The predicted octanol–water partition coefficient (Wildman–Crippen LogP) is 1.47. The molecule has 2 aliphatic rings. The van der Waals surface area contributed by atoms with Crippen LogP contribution < -0.4 is 10.6 Å². The lowest BCUT2D eigenvalue weighted by molar-refractivity contribution is 0.137. The molecule has 5 heteroatoms. The molecule has 0 bridgehead atoms. The summed E-state index contributed by atoms with van der Waals surface area (Å²) in [5.41, 5.74) is 0.956. The number of halogens is 1. The van der Waals surface area contributed by atoms with Crippen molar-refractivity contribution in [3.63, 3.8) is 0 Å². The van der Waals surface area contributed by atoms with Crippen LogP contribution in [-0.4, -0.2) is 31.4 Å². The summed E-state index contributed by atoms with van der Waals surface area (Å²) >= 11 is 0. The number of rotatable bonds is 4. The van der Waals surface area contributed by atoms with E-state index in [4.69, 9.17) is 4.74 Å². The third kappa shape index (κ3) is 2.56. The molecular weight excluding hydrogens is 247 g/mol. The fourth-order valence-electron chi connectivity index (χ4n) is 2.90. The van der Waals surface area contributed by atoms with Gasteiger partial charge in [-0.15, -0.1) is 0 Å². The summed E-state index contributed by atoms with van der Waals surface area (Å²) in [7, 11) is 0. The highest BCUT2D eigenvalue weighted by Gasteiger charge is 2.58. The molecule has 2 fully saturated rings. The Morgan fingerprint density at radius 2 is 2.21 bits per heavy atom. The molecule has 1 saturated carbocycles. The fraction of sp³-hybridized carbons (Fsp3) is 0.500. The highest BCUT2D eigenvalue weighted by molar-refractivity contribution is 5.68. The molecule has 1 aromatic rings. The molecule has 0 aromatic heterocycles. The van der Waals surface area contributed by atoms with Crippen molar-refractivity contribution >= 4 is 6.09 Å². The van der Waals surface area contributed by atoms with Gasteiger partial charge in [0.05, 0.1) is 0 Å². The number of alkyl carbamates (subject to hydrolysis) is 1. The molecule has 1 aliphatic carbocycles. The fourth-order valence-corrected chi connectivity index (χ4v) is 2.90. The third-order valence-electron chi connectivity index (χ3n) is 3.97. The first kappa shape index (κ1) is 12.4. The van der Waals surface area contributed by atoms with Crippen molar-refractivity contribution in [2.24, 2.45) is 11.8 Å². The molecule has 4 nitrogen and oxygen atoms in total. The van der Waals surface area contributed by atoms with Crippen LogP contribution in [0.5, 0.6) is 0 Å². The number of piperidine rings is 1. The smallest absolute Gasteiger partial charge is 0.407 e. The average molecular weight is 264 g/mol. The molecular formula is C14H17FN2O2. The minimum absolute atomic E-state index is 0.0743. The number of benzene rings is 1. The molecule has 1 aromatic carbocycles. The maximum atomic E-state index is 12.6. The molecule has 1 aliphatic heterocycles. The minimum atomic E-state index is -0.416. The summed E-state index contributed by atoms with van der Waals surface area (Å²) in [4.78, 5) is 11.6. The van der Waals surface area contributed by atoms with E-state index in [-0.39, 0.29) is 31.3 Å². The van der Waals surface area contributed by atoms with Crippen LogP contribution in [-0.2, 0) is 11.3 Å². The van der Waals surface area contributed by atoms with Gasteiger partial charge in [0.2, 0.25) is 0 Å². The van der Waals surface area contributed by atoms with E-state index >= 15 is 0 Å². The zero-order valence-corrected chi connectivity index (χ0v) is 10.5. The van der Waals surface area contributed by atoms with Gasteiger partial charge in [0.15, 0.2) is 0 Å². The van der Waals surface area contributed by atoms with E-state index in [1.54, 1.807) is 0 Å². The van der Waals surface area contributed by atoms with Crippen molar-refractivity contribution in [1.82, 2.24) is 10.6 Å². The Kier molecular flexibility index (Phi) is 3.38. The van der Waals surface area contributed by atoms with E-state index in [1.165, 1.54) is 0 Å². The number of hydrogen-bond acceptors (Lipinski definition) is 3. The van der Waals surface area contributed by atoms with Gasteiger partial charge in [0.1, 0.15) is 13.3 Å². The second-order valence-electron chi connectivity index (χ2n) is 5.14. The van der Waals surface area contributed by atoms with Crippen molar-refractivity contribution in [3.8, 4) is 0 Å². The van der Waals surface area contributed by atoms with Crippen molar-refractivity contribution < 1.29 is 13.9 Å². The number of amides is 1. The first-order valence-corrected chi connectivity index (χ1v) is 6.56. The standard InChI is InChI=1S/C14H17FN2O2/c15-6-11-12-10(7-16-11)13(12)17-14(18)19-8-9-4-2-1-3-5-9/h1-5,10-13,16H,6-8H2,(H,17,18)/t10?,11-,12?,13+/m0/s1. The summed E-state index contributed by atoms with van der Waals surface area (Å²) in [6.07, 6.45) is -0.416. The van der Waals surface area contributed by atoms with Gasteiger partial charge in [0, 0.05) is 24.5 Å². The van der Waals surface area contributed by atoms with Crippen LogP contribution in [0.4, 0.5) is 9.18 Å². The quantitative estimate of drug-likeness (QED) is 0.866. The summed E-state index contributed by atoms with van der Waals surface area (Å²) < 4.78 is 17.8. The van der Waals surface area contributed by atoms with E-state index in [9.17, 15) is 9.18 Å². The second-order valence-corrected chi connectivity index (χ2v) is 5.14. The van der Waals surface area contributed by atoms with Crippen LogP contribution in [0, 0.1) is 11.8 Å². The van der Waals surface area contributed by atoms with Gasteiger partial charge < -0.3 is 15.4 Å². The maximum absolute atomic E-state index is 12.6. The normalized spacial score (nSPS) is 31.6. The molecule has 102 valence electrons. The second kappa shape index (κ2) is 5.17. The van der Waals surface area contributed by atoms with Gasteiger partial charge in [-0.05, 0) is 11.5 Å². The largest absolute Gasteiger partial charge is 0.445 e. The SMILES string of the molecule is O=C(N[C@@H]1C2CN[C@@H](CF)C21)OCc1ccccc1. The van der Waals surface area contributed by atoms with Crippen LogP contribution in [0.15, 0.2) is 30.3 Å². The van der Waals surface area contributed by atoms with Crippen LogP contribution in [0.25, 0.3) is 0 Å². The van der Waals surface area contributed by atoms with E-state index in [0.29, 0.717) is 5.92 Å². The Morgan fingerprint density at radius 1 is 1.42 bits per heavy atom. The van der Waals surface area contributed by atoms with Gasteiger partial charge in [-0.1, -0.05) is 30.3 Å². The third-order valence-corrected chi connectivity index (χ3v) is 3.97. The Labute approximate surface area is 111 Å². The summed E-state index contributed by atoms with van der Waals surface area (Å²) in [5, 5.41) is 5.92. The van der Waals surface area contributed by atoms with E-state index in [0.717, 1.165) is 12.1 Å². The molecule has 1 heterocycles. The van der Waals surface area contributed by atoms with Crippen LogP contribution in [0.1, 0.15) is 5.56 Å². The zero-order valence-electron chi connectivity index (χ0n) is 10.5. The van der Waals surface area contributed by atoms with Gasteiger partial charge in [-0.3, -0.25) is 0 Å². The first-order chi connectivity index (χ1) is 9.29. The molecule has 4 atom stereocenters. The number of hydrogen-bond donors (Lipinski definition) is 2. The highest BCUT2D eigenvalue weighted by atomic mass is 19.1. The number of alkyl halides is 1. The van der Waals surface area contributed by atoms with Gasteiger partial charge >= 0.3 is 6.09 Å². The zero-order chi connectivity index (χ0) is 13.2. The molecule has 0 radical (unpaired) electrons. The molecule has 2 N–H and O–H groups in total. The van der Waals surface area contributed by atoms with E-state index < -0.39 is 6.09 Å². The number of nitrogens with one attached hydrogen (secondary N) is 2. The number of carbonyl (C=O) groups excluding carboxylic acids is 1. The maximum Gasteiger partial charge on any atom is 0.407 e. The molecule has 0 spiro atoms. The number of ether oxygens (including phenoxy) is 1. The first-order valence-electron chi connectivity index (χ1n) is 6.56. The molecule has 19 heavy (non-hydrogen) atoms. The average Bonchev–Trinajstić information content (AvgIpc) is 2.94. The summed E-state index contributed by atoms with van der Waals surface area (Å²) in [6.45, 7) is 0.667. The minimum Gasteiger partial charge on any atom is -0.445 e. The lowest BCUT2D eigenvalue weighted by Crippen LogP contribution is -2.38. The van der Waals surface area contributed by atoms with Crippen molar-refractivity contribution in [1.29, 1.82) is 0 Å². The number of carbonyl (C=O) groups is 1. The van der Waals surface area contributed by atoms with Gasteiger partial charge in [-0.2, -0.15) is 0 Å². The lowest BCUT2D eigenvalue weighted by atomic mass is 10.2. The van der Waals surface area contributed by atoms with E-state index in [2.05, 4.69) is 10.6 Å². The molecule has 2 unspecified atom stereocenters. The molecule has 3 rings (SSSR count). The summed E-state index contributed by atoms with van der Waals surface area (Å²) in [5.74, 6) is 0.597. The van der Waals surface area contributed by atoms with Crippen molar-refractivity contribution in [2.75, 3.05) is 13.2 Å². The monoisotopic (exact) mass is 264 g/mol. The van der Waals surface area contributed by atoms with E-state index in [1.807, 2.05) is 30.3 Å². The van der Waals surface area contributed by atoms with Crippen LogP contribution >= 0.6 is 0 Å². The van der Waals surface area contributed by atoms with Gasteiger partial charge in [0.25, 0.3) is 0 Å². The Hall–Kier alpha value is -1.62. The van der Waals surface area contributed by atoms with Crippen molar-refractivity contribution in [2.45, 2.75) is 18.7 Å².